The van der Waals surface area contributed by atoms with Gasteiger partial charge in [0.25, 0.3) is 0 Å². The lowest BCUT2D eigenvalue weighted by Gasteiger charge is -2.20. The van der Waals surface area contributed by atoms with Crippen molar-refractivity contribution in [1.82, 2.24) is 4.90 Å². The second kappa shape index (κ2) is 4.57. The fourth-order valence-electron chi connectivity index (χ4n) is 2.12. The lowest BCUT2D eigenvalue weighted by molar-refractivity contribution is 0.157. The third-order valence-electron chi connectivity index (χ3n) is 2.83. The highest BCUT2D eigenvalue weighted by Gasteiger charge is 2.30. The molecule has 1 aromatic rings. The van der Waals surface area contributed by atoms with E-state index in [1.807, 2.05) is 12.1 Å². The first-order valence-corrected chi connectivity index (χ1v) is 5.36. The fraction of sp³-hybridized carbons (Fsp3) is 0.545. The van der Waals surface area contributed by atoms with Crippen molar-refractivity contribution in [3.05, 3.63) is 23.7 Å². The average Bonchev–Trinajstić information content (AvgIpc) is 2.83. The molecule has 2 rings (SSSR count). The molecule has 0 radical (unpaired) electrons. The summed E-state index contributed by atoms with van der Waals surface area (Å²) in [6, 6.07) is 3.37. The van der Waals surface area contributed by atoms with E-state index in [4.69, 9.17) is 14.9 Å². The van der Waals surface area contributed by atoms with Crippen LogP contribution in [0, 0.1) is 0 Å². The van der Waals surface area contributed by atoms with Gasteiger partial charge in [0.15, 0.2) is 0 Å². The summed E-state index contributed by atoms with van der Waals surface area (Å²) in [7, 11) is 1.62. The molecule has 0 aliphatic carbocycles. The van der Waals surface area contributed by atoms with Gasteiger partial charge in [-0.15, -0.1) is 0 Å². The van der Waals surface area contributed by atoms with Gasteiger partial charge in [0.2, 0.25) is 0 Å². The van der Waals surface area contributed by atoms with Gasteiger partial charge in [-0.25, -0.2) is 4.79 Å². The first-order valence-electron chi connectivity index (χ1n) is 5.36. The number of hydrogen-bond acceptors (Lipinski definition) is 3. The molecule has 1 fully saturated rings. The van der Waals surface area contributed by atoms with Gasteiger partial charge in [-0.05, 0) is 25.0 Å². The smallest absolute Gasteiger partial charge is 0.315 e. The molecule has 88 valence electrons. The molecule has 0 bridgehead atoms. The fourth-order valence-corrected chi connectivity index (χ4v) is 2.12. The molecule has 1 saturated heterocycles. The van der Waals surface area contributed by atoms with Crippen molar-refractivity contribution in [2.45, 2.75) is 25.5 Å². The Kier molecular flexibility index (Phi) is 3.14. The molecule has 16 heavy (non-hydrogen) atoms. The Labute approximate surface area is 94.1 Å². The number of urea groups is 1. The Morgan fingerprint density at radius 3 is 3.19 bits per heavy atom. The summed E-state index contributed by atoms with van der Waals surface area (Å²) in [4.78, 5) is 12.8. The van der Waals surface area contributed by atoms with Crippen LogP contribution in [0.1, 0.15) is 30.4 Å². The lowest BCUT2D eigenvalue weighted by atomic mass is 10.2. The van der Waals surface area contributed by atoms with Gasteiger partial charge in [-0.3, -0.25) is 0 Å². The molecule has 2 heterocycles. The van der Waals surface area contributed by atoms with E-state index < -0.39 is 0 Å². The van der Waals surface area contributed by atoms with Crippen LogP contribution in [0.25, 0.3) is 0 Å². The van der Waals surface area contributed by atoms with Gasteiger partial charge in [-0.1, -0.05) is 0 Å². The Morgan fingerprint density at radius 1 is 1.69 bits per heavy atom. The number of primary amides is 1. The van der Waals surface area contributed by atoms with Gasteiger partial charge in [0.05, 0.1) is 6.04 Å². The molecule has 2 amide bonds. The number of ether oxygens (including phenoxy) is 1. The molecule has 1 atom stereocenters. The van der Waals surface area contributed by atoms with Crippen LogP contribution in [0.4, 0.5) is 4.79 Å². The van der Waals surface area contributed by atoms with Crippen LogP contribution in [-0.2, 0) is 11.3 Å². The van der Waals surface area contributed by atoms with E-state index in [0.29, 0.717) is 13.2 Å². The van der Waals surface area contributed by atoms with Crippen LogP contribution < -0.4 is 5.73 Å². The lowest BCUT2D eigenvalue weighted by Crippen LogP contribution is -2.34. The van der Waals surface area contributed by atoms with Crippen LogP contribution in [0.3, 0.4) is 0 Å². The number of carbonyl (C=O) groups is 1. The van der Waals surface area contributed by atoms with Crippen molar-refractivity contribution in [2.24, 2.45) is 5.73 Å². The van der Waals surface area contributed by atoms with Gasteiger partial charge in [-0.2, -0.15) is 0 Å². The minimum atomic E-state index is -0.382. The third-order valence-corrected chi connectivity index (χ3v) is 2.83. The summed E-state index contributed by atoms with van der Waals surface area (Å²) >= 11 is 0. The van der Waals surface area contributed by atoms with Crippen molar-refractivity contribution in [3.63, 3.8) is 0 Å². The Balaban J connectivity index is 2.13. The maximum absolute atomic E-state index is 11.2. The summed E-state index contributed by atoms with van der Waals surface area (Å²) < 4.78 is 10.6. The van der Waals surface area contributed by atoms with Crippen molar-refractivity contribution >= 4 is 6.03 Å². The normalized spacial score (nSPS) is 20.3. The second-order valence-corrected chi connectivity index (χ2v) is 3.93. The van der Waals surface area contributed by atoms with E-state index >= 15 is 0 Å². The number of amides is 2. The molecule has 0 saturated carbocycles. The Morgan fingerprint density at radius 2 is 2.50 bits per heavy atom. The molecular formula is C11H16N2O3. The SMILES string of the molecule is COCc1ccc([C@@H]2CCCN2C(N)=O)o1. The number of nitrogens with zero attached hydrogens (tertiary/aromatic N) is 1. The van der Waals surface area contributed by atoms with Crippen molar-refractivity contribution in [3.8, 4) is 0 Å². The van der Waals surface area contributed by atoms with Crippen LogP contribution in [0.2, 0.25) is 0 Å². The molecule has 0 spiro atoms. The summed E-state index contributed by atoms with van der Waals surface area (Å²) in [5.41, 5.74) is 5.31. The van der Waals surface area contributed by atoms with Crippen molar-refractivity contribution in [2.75, 3.05) is 13.7 Å². The number of rotatable bonds is 3. The highest BCUT2D eigenvalue weighted by Crippen LogP contribution is 2.32. The third kappa shape index (κ3) is 2.04. The standard InChI is InChI=1S/C11H16N2O3/c1-15-7-8-4-5-10(16-8)9-3-2-6-13(9)11(12)14/h4-5,9H,2-3,6-7H2,1H3,(H2,12,14)/t9-/m0/s1. The molecule has 2 N–H and O–H groups in total. The molecule has 1 aromatic heterocycles. The molecule has 1 aliphatic rings. The zero-order chi connectivity index (χ0) is 11.5. The Hall–Kier alpha value is -1.49. The molecule has 5 nitrogen and oxygen atoms in total. The van der Waals surface area contributed by atoms with E-state index in [-0.39, 0.29) is 12.1 Å². The number of methoxy groups -OCH3 is 1. The summed E-state index contributed by atoms with van der Waals surface area (Å²) in [5.74, 6) is 1.57. The molecule has 5 heteroatoms. The maximum atomic E-state index is 11.2. The predicted octanol–water partition coefficient (Wildman–Crippen LogP) is 1.64. The van der Waals surface area contributed by atoms with E-state index in [2.05, 4.69) is 0 Å². The van der Waals surface area contributed by atoms with E-state index in [1.54, 1.807) is 12.0 Å². The molecular weight excluding hydrogens is 208 g/mol. The summed E-state index contributed by atoms with van der Waals surface area (Å²) in [6.07, 6.45) is 1.87. The summed E-state index contributed by atoms with van der Waals surface area (Å²) in [6.45, 7) is 1.16. The van der Waals surface area contributed by atoms with Crippen LogP contribution >= 0.6 is 0 Å². The quantitative estimate of drug-likeness (QED) is 0.848. The number of nitrogens with two attached hydrogens (primary N) is 1. The molecule has 0 unspecified atom stereocenters. The molecule has 1 aliphatic heterocycles. The Bertz CT molecular complexity index is 375. The zero-order valence-corrected chi connectivity index (χ0v) is 9.31. The largest absolute Gasteiger partial charge is 0.461 e. The highest BCUT2D eigenvalue weighted by molar-refractivity contribution is 5.72. The van der Waals surface area contributed by atoms with Gasteiger partial charge in [0, 0.05) is 13.7 Å². The van der Waals surface area contributed by atoms with Crippen molar-refractivity contribution in [1.29, 1.82) is 0 Å². The zero-order valence-electron chi connectivity index (χ0n) is 9.31. The van der Waals surface area contributed by atoms with Crippen LogP contribution in [0.15, 0.2) is 16.5 Å². The number of hydrogen-bond donors (Lipinski definition) is 1. The highest BCUT2D eigenvalue weighted by atomic mass is 16.5. The first kappa shape index (κ1) is 11.0. The number of furan rings is 1. The van der Waals surface area contributed by atoms with Gasteiger partial charge < -0.3 is 19.8 Å². The summed E-state index contributed by atoms with van der Waals surface area (Å²) in [5, 5.41) is 0. The van der Waals surface area contributed by atoms with E-state index in [9.17, 15) is 4.79 Å². The van der Waals surface area contributed by atoms with E-state index in [0.717, 1.165) is 24.4 Å². The number of likely N-dealkylation sites (tertiary alicyclic amines) is 1. The van der Waals surface area contributed by atoms with Crippen LogP contribution in [-0.4, -0.2) is 24.6 Å². The minimum Gasteiger partial charge on any atom is -0.461 e. The van der Waals surface area contributed by atoms with Crippen molar-refractivity contribution < 1.29 is 13.9 Å². The first-order chi connectivity index (χ1) is 7.72. The topological polar surface area (TPSA) is 68.7 Å². The minimum absolute atomic E-state index is 0.0110. The van der Waals surface area contributed by atoms with Gasteiger partial charge >= 0.3 is 6.03 Å². The predicted molar refractivity (Wildman–Crippen MR) is 57.7 cm³/mol. The molecule has 0 aromatic carbocycles. The van der Waals surface area contributed by atoms with Gasteiger partial charge in [0.1, 0.15) is 18.1 Å². The monoisotopic (exact) mass is 224 g/mol. The number of carbonyl (C=O) groups excluding carboxylic acids is 1. The van der Waals surface area contributed by atoms with Crippen LogP contribution in [0.5, 0.6) is 0 Å². The second-order valence-electron chi connectivity index (χ2n) is 3.93. The average molecular weight is 224 g/mol. The maximum Gasteiger partial charge on any atom is 0.315 e. The van der Waals surface area contributed by atoms with E-state index in [1.165, 1.54) is 0 Å².